The van der Waals surface area contributed by atoms with Crippen LogP contribution in [0.25, 0.3) is 0 Å². The lowest BCUT2D eigenvalue weighted by atomic mass is 9.50. The fourth-order valence-corrected chi connectivity index (χ4v) is 10.4. The molecule has 1 saturated heterocycles. The second-order valence-corrected chi connectivity index (χ2v) is 11.0. The van der Waals surface area contributed by atoms with Crippen LogP contribution in [0.5, 0.6) is 0 Å². The van der Waals surface area contributed by atoms with Crippen molar-refractivity contribution in [2.24, 2.45) is 35.5 Å². The van der Waals surface area contributed by atoms with Gasteiger partial charge in [0.15, 0.2) is 0 Å². The summed E-state index contributed by atoms with van der Waals surface area (Å²) in [5, 5.41) is 1.37. The molecule has 3 nitrogen and oxygen atoms in total. The lowest BCUT2D eigenvalue weighted by Gasteiger charge is -2.53. The molecule has 122 valence electrons. The summed E-state index contributed by atoms with van der Waals surface area (Å²) >= 11 is 2.18. The molecule has 7 rings (SSSR count). The topological polar surface area (TPSA) is 43.4 Å². The normalized spacial score (nSPS) is 51.3. The van der Waals surface area contributed by atoms with Crippen LogP contribution in [0.15, 0.2) is 29.2 Å². The zero-order chi connectivity index (χ0) is 15.5. The first-order chi connectivity index (χ1) is 11.1. The van der Waals surface area contributed by atoms with E-state index in [0.717, 1.165) is 29.2 Å². The number of rotatable bonds is 3. The Morgan fingerprint density at radius 3 is 2.48 bits per heavy atom. The van der Waals surface area contributed by atoms with E-state index < -0.39 is 10.1 Å². The van der Waals surface area contributed by atoms with Gasteiger partial charge in [0.05, 0.1) is 11.0 Å². The molecule has 0 unspecified atom stereocenters. The third-order valence-corrected chi connectivity index (χ3v) is 10.6. The maximum atomic E-state index is 12.7. The van der Waals surface area contributed by atoms with Crippen molar-refractivity contribution in [3.8, 4) is 0 Å². The number of hydrogen-bond donors (Lipinski definition) is 0. The molecule has 5 heteroatoms. The van der Waals surface area contributed by atoms with Gasteiger partial charge in [-0.1, -0.05) is 17.7 Å². The number of aryl methyl sites for hydroxylation is 1. The largest absolute Gasteiger partial charge is 0.297 e. The van der Waals surface area contributed by atoms with Crippen LogP contribution in [-0.2, 0) is 14.3 Å². The van der Waals surface area contributed by atoms with Crippen molar-refractivity contribution in [1.29, 1.82) is 0 Å². The molecular weight excluding hydrogens is 328 g/mol. The van der Waals surface area contributed by atoms with E-state index in [1.54, 1.807) is 12.1 Å². The van der Waals surface area contributed by atoms with Crippen LogP contribution in [0.4, 0.5) is 0 Å². The average molecular weight is 348 g/mol. The Kier molecular flexibility index (Phi) is 2.49. The van der Waals surface area contributed by atoms with Crippen molar-refractivity contribution in [3.05, 3.63) is 29.8 Å². The summed E-state index contributed by atoms with van der Waals surface area (Å²) in [7, 11) is -3.64. The Labute approximate surface area is 141 Å². The monoisotopic (exact) mass is 348 g/mol. The molecule has 0 aromatic heterocycles. The van der Waals surface area contributed by atoms with E-state index in [1.807, 2.05) is 19.1 Å². The first kappa shape index (κ1) is 13.7. The zero-order valence-corrected chi connectivity index (χ0v) is 14.6. The molecule has 5 aliphatic carbocycles. The summed E-state index contributed by atoms with van der Waals surface area (Å²) < 4.78 is 31.4. The van der Waals surface area contributed by atoms with Gasteiger partial charge in [0.25, 0.3) is 10.1 Å². The highest BCUT2D eigenvalue weighted by molar-refractivity contribution is 8.01. The maximum absolute atomic E-state index is 12.7. The van der Waals surface area contributed by atoms with E-state index in [2.05, 4.69) is 11.8 Å². The first-order valence-corrected chi connectivity index (χ1v) is 11.1. The lowest BCUT2D eigenvalue weighted by Crippen LogP contribution is -2.54. The van der Waals surface area contributed by atoms with Crippen molar-refractivity contribution < 1.29 is 12.6 Å². The summed E-state index contributed by atoms with van der Waals surface area (Å²) in [5.74, 6) is 4.25. The average Bonchev–Trinajstić information content (AvgIpc) is 2.83. The Bertz CT molecular complexity index is 783. The minimum atomic E-state index is -3.64. The van der Waals surface area contributed by atoms with Crippen LogP contribution in [-0.4, -0.2) is 25.0 Å². The van der Waals surface area contributed by atoms with Gasteiger partial charge in [0, 0.05) is 22.3 Å². The van der Waals surface area contributed by atoms with Gasteiger partial charge in [0.1, 0.15) is 0 Å². The van der Waals surface area contributed by atoms with Gasteiger partial charge in [-0.15, -0.1) is 0 Å². The quantitative estimate of drug-likeness (QED) is 0.788. The molecule has 0 N–H and O–H groups in total. The third-order valence-electron chi connectivity index (χ3n) is 7.39. The molecule has 1 aliphatic heterocycles. The van der Waals surface area contributed by atoms with Gasteiger partial charge in [-0.2, -0.15) is 20.2 Å². The van der Waals surface area contributed by atoms with E-state index in [0.29, 0.717) is 27.2 Å². The van der Waals surface area contributed by atoms with Crippen LogP contribution in [0.1, 0.15) is 18.4 Å². The van der Waals surface area contributed by atoms with Crippen LogP contribution in [0, 0.1) is 42.4 Å². The van der Waals surface area contributed by atoms with Gasteiger partial charge in [-0.05, 0) is 55.6 Å². The minimum Gasteiger partial charge on any atom is -0.262 e. The standard InChI is InChI=1S/C18H20O3S2/c1-8-2-4-9(5-3-8)23(19,20)21-16-14-10-6-7-11-13-12(10)15(16)18(13)22-17(11)14/h2-5,10-18H,6-7H2,1H3/t10-,11+,12-,13+,14+,15+,16+,17+,18-/m1/s1. The number of hydrogen-bond acceptors (Lipinski definition) is 4. The van der Waals surface area contributed by atoms with Gasteiger partial charge in [-0.25, -0.2) is 0 Å². The summed E-state index contributed by atoms with van der Waals surface area (Å²) in [4.78, 5) is 0.312. The summed E-state index contributed by atoms with van der Waals surface area (Å²) in [6.45, 7) is 1.97. The highest BCUT2D eigenvalue weighted by Crippen LogP contribution is 2.80. The fourth-order valence-electron chi connectivity index (χ4n) is 6.72. The van der Waals surface area contributed by atoms with E-state index in [1.165, 1.54) is 12.8 Å². The Balaban J connectivity index is 1.35. The molecule has 0 amide bonds. The molecule has 23 heavy (non-hydrogen) atoms. The SMILES string of the molecule is Cc1ccc(S(=O)(=O)O[C@H]2[C@@H]3[C@@H]4CC[C@@H]5[C@@H]3S[C@@H]3[C@@H]5[C@@H]4[C@@H]23)cc1. The van der Waals surface area contributed by atoms with Crippen LogP contribution in [0.3, 0.4) is 0 Å². The van der Waals surface area contributed by atoms with E-state index in [4.69, 9.17) is 4.18 Å². The Morgan fingerprint density at radius 2 is 1.70 bits per heavy atom. The third kappa shape index (κ3) is 1.51. The molecule has 1 aromatic carbocycles. The molecule has 0 spiro atoms. The van der Waals surface area contributed by atoms with Crippen molar-refractivity contribution in [3.63, 3.8) is 0 Å². The fraction of sp³-hybridized carbons (Fsp3) is 0.667. The Hall–Kier alpha value is -0.520. The van der Waals surface area contributed by atoms with Crippen molar-refractivity contribution in [2.75, 3.05) is 0 Å². The molecule has 6 bridgehead atoms. The van der Waals surface area contributed by atoms with Crippen LogP contribution < -0.4 is 0 Å². The van der Waals surface area contributed by atoms with Crippen LogP contribution in [0.2, 0.25) is 0 Å². The molecule has 0 radical (unpaired) electrons. The number of benzene rings is 1. The van der Waals surface area contributed by atoms with E-state index in [-0.39, 0.29) is 6.10 Å². The van der Waals surface area contributed by atoms with Crippen molar-refractivity contribution >= 4 is 21.9 Å². The van der Waals surface area contributed by atoms with Gasteiger partial charge in [0.2, 0.25) is 0 Å². The van der Waals surface area contributed by atoms with Crippen molar-refractivity contribution in [2.45, 2.75) is 41.3 Å². The van der Waals surface area contributed by atoms with Gasteiger partial charge < -0.3 is 0 Å². The molecule has 6 aliphatic rings. The molecule has 1 heterocycles. The summed E-state index contributed by atoms with van der Waals surface area (Å²) in [6, 6.07) is 7.05. The smallest absolute Gasteiger partial charge is 0.262 e. The van der Waals surface area contributed by atoms with Gasteiger partial charge in [-0.3, -0.25) is 4.18 Å². The number of thioether (sulfide) groups is 1. The predicted molar refractivity (Wildman–Crippen MR) is 88.6 cm³/mol. The summed E-state index contributed by atoms with van der Waals surface area (Å²) in [6.07, 6.45) is 2.64. The zero-order valence-electron chi connectivity index (χ0n) is 13.0. The molecule has 9 atom stereocenters. The Morgan fingerprint density at radius 1 is 0.957 bits per heavy atom. The maximum Gasteiger partial charge on any atom is 0.297 e. The van der Waals surface area contributed by atoms with E-state index in [9.17, 15) is 8.42 Å². The van der Waals surface area contributed by atoms with Gasteiger partial charge >= 0.3 is 0 Å². The molecule has 1 aromatic rings. The first-order valence-electron chi connectivity index (χ1n) is 8.72. The molecular formula is C18H20O3S2. The summed E-state index contributed by atoms with van der Waals surface area (Å²) in [5.41, 5.74) is 1.07. The highest BCUT2D eigenvalue weighted by Gasteiger charge is 2.79. The van der Waals surface area contributed by atoms with E-state index >= 15 is 0 Å². The predicted octanol–water partition coefficient (Wildman–Crippen LogP) is 3.08. The molecule has 6 fully saturated rings. The second-order valence-electron chi connectivity index (χ2n) is 8.11. The highest BCUT2D eigenvalue weighted by atomic mass is 32.2. The molecule has 5 saturated carbocycles. The minimum absolute atomic E-state index is 0.0471. The van der Waals surface area contributed by atoms with Crippen LogP contribution >= 0.6 is 11.8 Å². The second kappa shape index (κ2) is 4.17. The number of fused-ring (bicyclic) bond motifs is 2. The van der Waals surface area contributed by atoms with Crippen molar-refractivity contribution in [1.82, 2.24) is 0 Å². The lowest BCUT2D eigenvalue weighted by molar-refractivity contribution is -0.0342.